The number of nitrogens with one attached hydrogen (secondary N) is 1. The van der Waals surface area contributed by atoms with Crippen molar-refractivity contribution in [3.05, 3.63) is 18.2 Å². The Hall–Kier alpha value is -0.870. The van der Waals surface area contributed by atoms with Gasteiger partial charge in [-0.3, -0.25) is 0 Å². The van der Waals surface area contributed by atoms with Crippen LogP contribution in [0.25, 0.3) is 0 Å². The third-order valence-corrected chi connectivity index (χ3v) is 4.26. The van der Waals surface area contributed by atoms with Gasteiger partial charge in [0.15, 0.2) is 0 Å². The molecule has 1 aliphatic rings. The van der Waals surface area contributed by atoms with Crippen LogP contribution in [0, 0.1) is 0 Å². The molecule has 2 unspecified atom stereocenters. The molecule has 0 amide bonds. The summed E-state index contributed by atoms with van der Waals surface area (Å²) in [5.74, 6) is 1.12. The van der Waals surface area contributed by atoms with E-state index in [0.717, 1.165) is 18.4 Å². The topological polar surface area (TPSA) is 33.1 Å². The zero-order valence-corrected chi connectivity index (χ0v) is 12.6. The number of imidazole rings is 1. The molecule has 108 valence electrons. The Morgan fingerprint density at radius 3 is 3.00 bits per heavy atom. The van der Waals surface area contributed by atoms with Crippen LogP contribution < -0.4 is 5.32 Å². The van der Waals surface area contributed by atoms with Gasteiger partial charge >= 0.3 is 0 Å². The van der Waals surface area contributed by atoms with Crippen LogP contribution >= 0.6 is 0 Å². The van der Waals surface area contributed by atoms with Gasteiger partial charge in [-0.25, -0.2) is 4.98 Å². The quantitative estimate of drug-likeness (QED) is 0.801. The van der Waals surface area contributed by atoms with Gasteiger partial charge in [0.25, 0.3) is 0 Å². The maximum absolute atomic E-state index is 4.39. The molecule has 4 heteroatoms. The first-order valence-electron chi connectivity index (χ1n) is 7.63. The number of rotatable bonds is 6. The summed E-state index contributed by atoms with van der Waals surface area (Å²) in [7, 11) is 2.05. The maximum atomic E-state index is 4.39. The predicted octanol–water partition coefficient (Wildman–Crippen LogP) is 2.34. The molecular weight excluding hydrogens is 236 g/mol. The highest BCUT2D eigenvalue weighted by molar-refractivity contribution is 4.96. The largest absolute Gasteiger partial charge is 0.337 e. The Labute approximate surface area is 117 Å². The second-order valence-corrected chi connectivity index (χ2v) is 5.81. The lowest BCUT2D eigenvalue weighted by Gasteiger charge is -2.33. The summed E-state index contributed by atoms with van der Waals surface area (Å²) in [6.07, 6.45) is 9.25. The fraction of sp³-hybridized carbons (Fsp3) is 0.800. The molecule has 19 heavy (non-hydrogen) atoms. The third-order valence-electron chi connectivity index (χ3n) is 4.26. The van der Waals surface area contributed by atoms with Gasteiger partial charge in [-0.2, -0.15) is 0 Å². The fourth-order valence-electron chi connectivity index (χ4n) is 2.98. The van der Waals surface area contributed by atoms with Crippen molar-refractivity contribution >= 4 is 0 Å². The average Bonchev–Trinajstić information content (AvgIpc) is 2.82. The lowest BCUT2D eigenvalue weighted by Crippen LogP contribution is -2.39. The van der Waals surface area contributed by atoms with E-state index >= 15 is 0 Å². The van der Waals surface area contributed by atoms with Gasteiger partial charge in [0.2, 0.25) is 0 Å². The van der Waals surface area contributed by atoms with E-state index in [1.807, 2.05) is 12.4 Å². The van der Waals surface area contributed by atoms with E-state index in [1.165, 1.54) is 38.8 Å². The number of nitrogens with zero attached hydrogens (tertiary/aromatic N) is 3. The molecule has 1 aromatic rings. The van der Waals surface area contributed by atoms with E-state index in [4.69, 9.17) is 0 Å². The Balaban J connectivity index is 1.65. The van der Waals surface area contributed by atoms with Gasteiger partial charge in [0.05, 0.1) is 6.04 Å². The third kappa shape index (κ3) is 4.05. The van der Waals surface area contributed by atoms with Gasteiger partial charge in [-0.05, 0) is 52.7 Å². The standard InChI is InChI=1S/C15H28N4/c1-13-7-4-5-10-19(13)11-6-8-16-14(2)15-17-9-12-18(15)3/h9,12-14,16H,4-8,10-11H2,1-3H3. The zero-order chi connectivity index (χ0) is 13.7. The lowest BCUT2D eigenvalue weighted by molar-refractivity contribution is 0.158. The second-order valence-electron chi connectivity index (χ2n) is 5.81. The monoisotopic (exact) mass is 264 g/mol. The summed E-state index contributed by atoms with van der Waals surface area (Å²) in [4.78, 5) is 7.02. The summed E-state index contributed by atoms with van der Waals surface area (Å²) < 4.78 is 2.09. The molecular formula is C15H28N4. The van der Waals surface area contributed by atoms with Crippen LogP contribution in [0.15, 0.2) is 12.4 Å². The molecule has 1 saturated heterocycles. The van der Waals surface area contributed by atoms with Crippen LogP contribution in [0.5, 0.6) is 0 Å². The summed E-state index contributed by atoms with van der Waals surface area (Å²) in [5.41, 5.74) is 0. The molecule has 2 rings (SSSR count). The number of aryl methyl sites for hydroxylation is 1. The molecule has 2 atom stereocenters. The second kappa shape index (κ2) is 7.06. The Morgan fingerprint density at radius 2 is 2.32 bits per heavy atom. The molecule has 0 radical (unpaired) electrons. The van der Waals surface area contributed by atoms with E-state index in [9.17, 15) is 0 Å². The molecule has 1 N–H and O–H groups in total. The first-order chi connectivity index (χ1) is 9.18. The Morgan fingerprint density at radius 1 is 1.47 bits per heavy atom. The molecule has 0 aromatic carbocycles. The van der Waals surface area contributed by atoms with Crippen molar-refractivity contribution in [2.45, 2.75) is 51.6 Å². The fourth-order valence-corrected chi connectivity index (χ4v) is 2.98. The number of likely N-dealkylation sites (tertiary alicyclic amines) is 1. The normalized spacial score (nSPS) is 22.6. The summed E-state index contributed by atoms with van der Waals surface area (Å²) in [5, 5.41) is 3.57. The molecule has 2 heterocycles. The molecule has 0 aliphatic carbocycles. The van der Waals surface area contributed by atoms with Gasteiger partial charge in [-0.1, -0.05) is 6.42 Å². The number of hydrogen-bond acceptors (Lipinski definition) is 3. The molecule has 0 bridgehead atoms. The first kappa shape index (κ1) is 14.5. The van der Waals surface area contributed by atoms with Crippen LogP contribution in [-0.2, 0) is 7.05 Å². The summed E-state index contributed by atoms with van der Waals surface area (Å²) in [6, 6.07) is 1.11. The van der Waals surface area contributed by atoms with E-state index in [1.54, 1.807) is 0 Å². The highest BCUT2D eigenvalue weighted by atomic mass is 15.2. The average molecular weight is 264 g/mol. The minimum absolute atomic E-state index is 0.332. The van der Waals surface area contributed by atoms with Crippen molar-refractivity contribution in [3.63, 3.8) is 0 Å². The van der Waals surface area contributed by atoms with Gasteiger partial charge in [0, 0.05) is 25.5 Å². The van der Waals surface area contributed by atoms with Crippen molar-refractivity contribution in [3.8, 4) is 0 Å². The predicted molar refractivity (Wildman–Crippen MR) is 79.1 cm³/mol. The smallest absolute Gasteiger partial charge is 0.125 e. The first-order valence-corrected chi connectivity index (χ1v) is 7.63. The van der Waals surface area contributed by atoms with Gasteiger partial charge < -0.3 is 14.8 Å². The Bertz CT molecular complexity index is 374. The summed E-state index contributed by atoms with van der Waals surface area (Å²) in [6.45, 7) is 8.13. The van der Waals surface area contributed by atoms with Crippen molar-refractivity contribution in [1.29, 1.82) is 0 Å². The van der Waals surface area contributed by atoms with Crippen LogP contribution in [0.1, 0.15) is 51.4 Å². The van der Waals surface area contributed by atoms with Crippen molar-refractivity contribution in [1.82, 2.24) is 19.8 Å². The van der Waals surface area contributed by atoms with E-state index in [0.29, 0.717) is 6.04 Å². The highest BCUT2D eigenvalue weighted by Crippen LogP contribution is 2.16. The van der Waals surface area contributed by atoms with Crippen LogP contribution in [0.3, 0.4) is 0 Å². The molecule has 0 spiro atoms. The molecule has 4 nitrogen and oxygen atoms in total. The summed E-state index contributed by atoms with van der Waals surface area (Å²) >= 11 is 0. The molecule has 1 fully saturated rings. The number of aromatic nitrogens is 2. The van der Waals surface area contributed by atoms with Crippen LogP contribution in [-0.4, -0.2) is 40.1 Å². The van der Waals surface area contributed by atoms with E-state index in [-0.39, 0.29) is 0 Å². The number of piperidine rings is 1. The lowest BCUT2D eigenvalue weighted by atomic mass is 10.0. The molecule has 1 aliphatic heterocycles. The SMILES string of the molecule is CC(NCCCN1CCCCC1C)c1nccn1C. The zero-order valence-electron chi connectivity index (χ0n) is 12.6. The Kier molecular flexibility index (Phi) is 5.40. The van der Waals surface area contributed by atoms with Gasteiger partial charge in [-0.15, -0.1) is 0 Å². The minimum atomic E-state index is 0.332. The van der Waals surface area contributed by atoms with Crippen LogP contribution in [0.4, 0.5) is 0 Å². The highest BCUT2D eigenvalue weighted by Gasteiger charge is 2.17. The van der Waals surface area contributed by atoms with E-state index < -0.39 is 0 Å². The number of hydrogen-bond donors (Lipinski definition) is 1. The van der Waals surface area contributed by atoms with Gasteiger partial charge in [0.1, 0.15) is 5.82 Å². The van der Waals surface area contributed by atoms with Crippen molar-refractivity contribution in [2.24, 2.45) is 7.05 Å². The maximum Gasteiger partial charge on any atom is 0.125 e. The molecule has 1 aromatic heterocycles. The van der Waals surface area contributed by atoms with E-state index in [2.05, 4.69) is 40.7 Å². The van der Waals surface area contributed by atoms with Crippen molar-refractivity contribution in [2.75, 3.05) is 19.6 Å². The van der Waals surface area contributed by atoms with Crippen LogP contribution in [0.2, 0.25) is 0 Å². The minimum Gasteiger partial charge on any atom is -0.337 e. The van der Waals surface area contributed by atoms with Crippen molar-refractivity contribution < 1.29 is 0 Å². The molecule has 0 saturated carbocycles.